The molecule has 0 bridgehead atoms. The SMILES string of the molecule is CC(=O)NCCC#Cc1cccc(F)c1[N+](=O)[O-]. The first-order valence-electron chi connectivity index (χ1n) is 5.18. The van der Waals surface area contributed by atoms with Gasteiger partial charge in [0, 0.05) is 19.9 Å². The number of nitro groups is 1. The zero-order chi connectivity index (χ0) is 13.5. The summed E-state index contributed by atoms with van der Waals surface area (Å²) in [5, 5.41) is 13.2. The van der Waals surface area contributed by atoms with E-state index in [1.165, 1.54) is 19.1 Å². The number of amides is 1. The lowest BCUT2D eigenvalue weighted by molar-refractivity contribution is -0.387. The third-order valence-electron chi connectivity index (χ3n) is 2.02. The molecule has 1 rings (SSSR count). The fourth-order valence-corrected chi connectivity index (χ4v) is 1.26. The molecule has 94 valence electrons. The van der Waals surface area contributed by atoms with E-state index in [9.17, 15) is 19.3 Å². The number of para-hydroxylation sites is 1. The van der Waals surface area contributed by atoms with Crippen LogP contribution in [0.3, 0.4) is 0 Å². The molecule has 0 aliphatic carbocycles. The van der Waals surface area contributed by atoms with Gasteiger partial charge in [-0.05, 0) is 12.1 Å². The van der Waals surface area contributed by atoms with Gasteiger partial charge in [-0.1, -0.05) is 17.9 Å². The molecule has 0 unspecified atom stereocenters. The third kappa shape index (κ3) is 3.87. The van der Waals surface area contributed by atoms with Gasteiger partial charge in [0.25, 0.3) is 0 Å². The molecule has 1 aromatic rings. The van der Waals surface area contributed by atoms with Crippen molar-refractivity contribution < 1.29 is 14.1 Å². The second-order valence-electron chi connectivity index (χ2n) is 3.43. The molecule has 5 nitrogen and oxygen atoms in total. The molecule has 0 saturated carbocycles. The zero-order valence-corrected chi connectivity index (χ0v) is 9.70. The number of rotatable bonds is 3. The summed E-state index contributed by atoms with van der Waals surface area (Å²) in [6.07, 6.45) is 0.341. The van der Waals surface area contributed by atoms with E-state index in [0.29, 0.717) is 13.0 Å². The molecule has 1 N–H and O–H groups in total. The van der Waals surface area contributed by atoms with E-state index in [2.05, 4.69) is 17.2 Å². The average Bonchev–Trinajstić information content (AvgIpc) is 2.27. The first kappa shape index (κ1) is 13.6. The highest BCUT2D eigenvalue weighted by molar-refractivity contribution is 5.72. The maximum atomic E-state index is 13.2. The van der Waals surface area contributed by atoms with Crippen molar-refractivity contribution in [2.45, 2.75) is 13.3 Å². The average molecular weight is 250 g/mol. The number of carbonyl (C=O) groups is 1. The summed E-state index contributed by atoms with van der Waals surface area (Å²) in [5.41, 5.74) is -0.590. The van der Waals surface area contributed by atoms with Crippen molar-refractivity contribution >= 4 is 11.6 Å². The van der Waals surface area contributed by atoms with E-state index in [1.807, 2.05) is 0 Å². The summed E-state index contributed by atoms with van der Waals surface area (Å²) < 4.78 is 13.2. The van der Waals surface area contributed by atoms with Gasteiger partial charge in [-0.3, -0.25) is 14.9 Å². The Kier molecular flexibility index (Phi) is 4.81. The van der Waals surface area contributed by atoms with Gasteiger partial charge in [0.05, 0.1) is 4.92 Å². The second-order valence-corrected chi connectivity index (χ2v) is 3.43. The van der Waals surface area contributed by atoms with Gasteiger partial charge in [-0.25, -0.2) is 0 Å². The molecule has 0 aliphatic rings. The van der Waals surface area contributed by atoms with E-state index in [-0.39, 0.29) is 11.5 Å². The number of nitrogens with one attached hydrogen (secondary N) is 1. The number of hydrogen-bond donors (Lipinski definition) is 1. The number of benzene rings is 1. The molecule has 6 heteroatoms. The van der Waals surface area contributed by atoms with Crippen LogP contribution in [0, 0.1) is 27.8 Å². The summed E-state index contributed by atoms with van der Waals surface area (Å²) in [5.74, 6) is 4.09. The summed E-state index contributed by atoms with van der Waals surface area (Å²) in [6, 6.07) is 3.76. The highest BCUT2D eigenvalue weighted by atomic mass is 19.1. The Hall–Kier alpha value is -2.42. The Bertz CT molecular complexity index is 532. The first-order chi connectivity index (χ1) is 8.52. The van der Waals surface area contributed by atoms with Crippen LogP contribution < -0.4 is 5.32 Å². The molecule has 1 aromatic carbocycles. The largest absolute Gasteiger partial charge is 0.355 e. The van der Waals surface area contributed by atoms with Crippen molar-refractivity contribution in [3.63, 3.8) is 0 Å². The first-order valence-corrected chi connectivity index (χ1v) is 5.18. The standard InChI is InChI=1S/C12H11FN2O3/c1-9(16)14-8-3-2-5-10-6-4-7-11(13)12(10)15(17)18/h4,6-7H,3,8H2,1H3,(H,14,16). The monoisotopic (exact) mass is 250 g/mol. The number of nitrogens with zero attached hydrogens (tertiary/aromatic N) is 1. The summed E-state index contributed by atoms with van der Waals surface area (Å²) >= 11 is 0. The Morgan fingerprint density at radius 1 is 1.56 bits per heavy atom. The fourth-order valence-electron chi connectivity index (χ4n) is 1.26. The number of halogens is 1. The maximum Gasteiger partial charge on any atom is 0.320 e. The summed E-state index contributed by atoms with van der Waals surface area (Å²) in [7, 11) is 0. The molecule has 18 heavy (non-hydrogen) atoms. The lowest BCUT2D eigenvalue weighted by Crippen LogP contribution is -2.20. The van der Waals surface area contributed by atoms with Crippen LogP contribution in [0.4, 0.5) is 10.1 Å². The Morgan fingerprint density at radius 2 is 2.28 bits per heavy atom. The van der Waals surface area contributed by atoms with Gasteiger partial charge in [0.2, 0.25) is 11.7 Å². The Labute approximate surface area is 103 Å². The lowest BCUT2D eigenvalue weighted by Gasteiger charge is -1.97. The minimum absolute atomic E-state index is 0.0304. The molecular formula is C12H11FN2O3. The van der Waals surface area contributed by atoms with Crippen molar-refractivity contribution in [1.82, 2.24) is 5.32 Å². The molecule has 0 aromatic heterocycles. The maximum absolute atomic E-state index is 13.2. The predicted octanol–water partition coefficient (Wildman–Crippen LogP) is 1.61. The molecule has 1 amide bonds. The van der Waals surface area contributed by atoms with Gasteiger partial charge < -0.3 is 5.32 Å². The normalized spacial score (nSPS) is 9.22. The number of carbonyl (C=O) groups excluding carboxylic acids is 1. The minimum Gasteiger partial charge on any atom is -0.355 e. The summed E-state index contributed by atoms with van der Waals surface area (Å²) in [4.78, 5) is 20.4. The van der Waals surface area contributed by atoms with Crippen LogP contribution in [-0.2, 0) is 4.79 Å². The molecule has 0 fully saturated rings. The smallest absolute Gasteiger partial charge is 0.320 e. The van der Waals surface area contributed by atoms with Crippen LogP contribution in [0.5, 0.6) is 0 Å². The van der Waals surface area contributed by atoms with Crippen molar-refractivity contribution in [3.05, 3.63) is 39.7 Å². The van der Waals surface area contributed by atoms with Crippen molar-refractivity contribution in [2.75, 3.05) is 6.54 Å². The van der Waals surface area contributed by atoms with Gasteiger partial charge in [-0.2, -0.15) is 4.39 Å². The fraction of sp³-hybridized carbons (Fsp3) is 0.250. The van der Waals surface area contributed by atoms with Crippen LogP contribution >= 0.6 is 0 Å². The van der Waals surface area contributed by atoms with Gasteiger partial charge >= 0.3 is 5.69 Å². The third-order valence-corrected chi connectivity index (χ3v) is 2.02. The topological polar surface area (TPSA) is 72.2 Å². The van der Waals surface area contributed by atoms with Gasteiger partial charge in [0.1, 0.15) is 5.56 Å². The zero-order valence-electron chi connectivity index (χ0n) is 9.70. The highest BCUT2D eigenvalue weighted by Gasteiger charge is 2.17. The van der Waals surface area contributed by atoms with Crippen molar-refractivity contribution in [2.24, 2.45) is 0 Å². The quantitative estimate of drug-likeness (QED) is 0.383. The van der Waals surface area contributed by atoms with E-state index in [4.69, 9.17) is 0 Å². The lowest BCUT2D eigenvalue weighted by atomic mass is 10.1. The molecular weight excluding hydrogens is 239 g/mol. The van der Waals surface area contributed by atoms with Crippen LogP contribution in [0.2, 0.25) is 0 Å². The van der Waals surface area contributed by atoms with Gasteiger partial charge in [-0.15, -0.1) is 0 Å². The Balaban J connectivity index is 2.79. The van der Waals surface area contributed by atoms with Crippen LogP contribution in [-0.4, -0.2) is 17.4 Å². The van der Waals surface area contributed by atoms with Crippen LogP contribution in [0.25, 0.3) is 0 Å². The van der Waals surface area contributed by atoms with Crippen LogP contribution in [0.15, 0.2) is 18.2 Å². The van der Waals surface area contributed by atoms with E-state index in [1.54, 1.807) is 0 Å². The molecule has 0 heterocycles. The molecule has 0 radical (unpaired) electrons. The van der Waals surface area contributed by atoms with E-state index < -0.39 is 16.4 Å². The number of nitro benzene ring substituents is 1. The van der Waals surface area contributed by atoms with E-state index >= 15 is 0 Å². The highest BCUT2D eigenvalue weighted by Crippen LogP contribution is 2.21. The minimum atomic E-state index is -0.909. The molecule has 0 aliphatic heterocycles. The number of hydrogen-bond acceptors (Lipinski definition) is 3. The van der Waals surface area contributed by atoms with E-state index in [0.717, 1.165) is 6.07 Å². The Morgan fingerprint density at radius 3 is 2.89 bits per heavy atom. The molecule has 0 atom stereocenters. The van der Waals surface area contributed by atoms with Crippen molar-refractivity contribution in [3.8, 4) is 11.8 Å². The second kappa shape index (κ2) is 6.35. The van der Waals surface area contributed by atoms with Crippen molar-refractivity contribution in [1.29, 1.82) is 0 Å². The predicted molar refractivity (Wildman–Crippen MR) is 63.2 cm³/mol. The molecule has 0 spiro atoms. The van der Waals surface area contributed by atoms with Gasteiger partial charge in [0.15, 0.2) is 0 Å². The molecule has 0 saturated heterocycles. The summed E-state index contributed by atoms with van der Waals surface area (Å²) in [6.45, 7) is 1.73. The van der Waals surface area contributed by atoms with Crippen LogP contribution in [0.1, 0.15) is 18.9 Å².